The topological polar surface area (TPSA) is 32.8 Å². The van der Waals surface area contributed by atoms with E-state index in [1.54, 1.807) is 0 Å². The zero-order valence-electron chi connectivity index (χ0n) is 14.9. The molecular formula is C22H24N2O2. The van der Waals surface area contributed by atoms with Crippen LogP contribution >= 0.6 is 0 Å². The highest BCUT2D eigenvalue weighted by Gasteiger charge is 2.24. The average molecular weight is 348 g/mol. The third-order valence-corrected chi connectivity index (χ3v) is 5.03. The molecule has 4 rings (SSSR count). The molecule has 0 saturated carbocycles. The summed E-state index contributed by atoms with van der Waals surface area (Å²) in [6.45, 7) is 4.82. The van der Waals surface area contributed by atoms with Gasteiger partial charge in [-0.1, -0.05) is 48.5 Å². The molecule has 0 radical (unpaired) electrons. The number of carbonyl (C=O) groups is 1. The number of fused-ring (bicyclic) bond motifs is 1. The number of hydrogen-bond donors (Lipinski definition) is 0. The third-order valence-electron chi connectivity index (χ3n) is 5.03. The molecule has 2 aromatic carbocycles. The van der Waals surface area contributed by atoms with Crippen LogP contribution in [0.2, 0.25) is 0 Å². The second kappa shape index (κ2) is 7.75. The van der Waals surface area contributed by atoms with E-state index in [4.69, 9.17) is 4.74 Å². The van der Waals surface area contributed by atoms with E-state index in [2.05, 4.69) is 29.2 Å². The summed E-state index contributed by atoms with van der Waals surface area (Å²) in [6.07, 6.45) is 2.98. The molecule has 4 nitrogen and oxygen atoms in total. The Kier molecular flexibility index (Phi) is 5.02. The predicted octanol–water partition coefficient (Wildman–Crippen LogP) is 3.20. The minimum atomic E-state index is 0.112. The smallest absolute Gasteiger partial charge is 0.253 e. The fourth-order valence-corrected chi connectivity index (χ4v) is 3.62. The van der Waals surface area contributed by atoms with Gasteiger partial charge in [0, 0.05) is 38.3 Å². The Hall–Kier alpha value is -2.59. The van der Waals surface area contributed by atoms with Gasteiger partial charge in [-0.15, -0.1) is 0 Å². The standard InChI is InChI=1S/C22H24N2O2/c25-22(20-15-19-9-4-5-10-21(19)26-17-20)24-12-6-11-23(13-14-24)16-18-7-2-1-3-8-18/h1-5,7-10,15H,6,11-14,16-17H2. The van der Waals surface area contributed by atoms with Crippen molar-refractivity contribution >= 4 is 12.0 Å². The van der Waals surface area contributed by atoms with Gasteiger partial charge in [0.15, 0.2) is 0 Å². The van der Waals surface area contributed by atoms with Crippen molar-refractivity contribution in [1.29, 1.82) is 0 Å². The lowest BCUT2D eigenvalue weighted by Gasteiger charge is -2.25. The predicted molar refractivity (Wildman–Crippen MR) is 103 cm³/mol. The lowest BCUT2D eigenvalue weighted by atomic mass is 10.1. The maximum atomic E-state index is 12.9. The highest BCUT2D eigenvalue weighted by atomic mass is 16.5. The van der Waals surface area contributed by atoms with Crippen LogP contribution in [0, 0.1) is 0 Å². The summed E-state index contributed by atoms with van der Waals surface area (Å²) in [7, 11) is 0. The van der Waals surface area contributed by atoms with Crippen LogP contribution in [0.15, 0.2) is 60.2 Å². The quantitative estimate of drug-likeness (QED) is 0.854. The molecule has 0 N–H and O–H groups in total. The Morgan fingerprint density at radius 2 is 1.73 bits per heavy atom. The maximum absolute atomic E-state index is 12.9. The van der Waals surface area contributed by atoms with Crippen LogP contribution in [0.1, 0.15) is 17.5 Å². The van der Waals surface area contributed by atoms with Crippen LogP contribution in [0.5, 0.6) is 5.75 Å². The van der Waals surface area contributed by atoms with Crippen LogP contribution in [-0.2, 0) is 11.3 Å². The van der Waals surface area contributed by atoms with E-state index in [-0.39, 0.29) is 5.91 Å². The van der Waals surface area contributed by atoms with Gasteiger partial charge in [0.1, 0.15) is 12.4 Å². The first-order valence-corrected chi connectivity index (χ1v) is 9.27. The summed E-state index contributed by atoms with van der Waals surface area (Å²) in [5.74, 6) is 0.968. The van der Waals surface area contributed by atoms with Crippen LogP contribution in [0.4, 0.5) is 0 Å². The Morgan fingerprint density at radius 1 is 0.923 bits per heavy atom. The first-order chi connectivity index (χ1) is 12.8. The molecule has 26 heavy (non-hydrogen) atoms. The van der Waals surface area contributed by atoms with Crippen molar-refractivity contribution in [2.24, 2.45) is 0 Å². The van der Waals surface area contributed by atoms with Crippen LogP contribution < -0.4 is 4.74 Å². The van der Waals surface area contributed by atoms with E-state index >= 15 is 0 Å². The first-order valence-electron chi connectivity index (χ1n) is 9.27. The van der Waals surface area contributed by atoms with Gasteiger partial charge in [0.05, 0.1) is 5.57 Å². The second-order valence-electron chi connectivity index (χ2n) is 6.90. The molecule has 0 atom stereocenters. The fourth-order valence-electron chi connectivity index (χ4n) is 3.62. The van der Waals surface area contributed by atoms with E-state index in [1.165, 1.54) is 5.56 Å². The molecule has 2 aliphatic heterocycles. The molecule has 1 amide bonds. The lowest BCUT2D eigenvalue weighted by Crippen LogP contribution is -2.37. The summed E-state index contributed by atoms with van der Waals surface area (Å²) >= 11 is 0. The minimum Gasteiger partial charge on any atom is -0.488 e. The fraction of sp³-hybridized carbons (Fsp3) is 0.318. The van der Waals surface area contributed by atoms with E-state index in [0.29, 0.717) is 6.61 Å². The monoisotopic (exact) mass is 348 g/mol. The van der Waals surface area contributed by atoms with Crippen molar-refractivity contribution < 1.29 is 9.53 Å². The minimum absolute atomic E-state index is 0.112. The Balaban J connectivity index is 1.40. The number of ether oxygens (including phenoxy) is 1. The molecule has 0 unspecified atom stereocenters. The molecule has 0 bridgehead atoms. The SMILES string of the molecule is O=C(C1=Cc2ccccc2OC1)N1CCCN(Cc2ccccc2)CC1. The van der Waals surface area contributed by atoms with E-state index in [0.717, 1.165) is 56.0 Å². The number of rotatable bonds is 3. The molecule has 0 aliphatic carbocycles. The molecule has 0 aromatic heterocycles. The van der Waals surface area contributed by atoms with Crippen molar-refractivity contribution in [3.8, 4) is 5.75 Å². The van der Waals surface area contributed by atoms with Crippen LogP contribution in [-0.4, -0.2) is 48.5 Å². The largest absolute Gasteiger partial charge is 0.488 e. The average Bonchev–Trinajstić information content (AvgIpc) is 2.93. The van der Waals surface area contributed by atoms with Crippen molar-refractivity contribution in [2.75, 3.05) is 32.8 Å². The van der Waals surface area contributed by atoms with Crippen molar-refractivity contribution in [3.63, 3.8) is 0 Å². The molecule has 4 heteroatoms. The second-order valence-corrected chi connectivity index (χ2v) is 6.90. The van der Waals surface area contributed by atoms with E-state index < -0.39 is 0 Å². The molecule has 1 fully saturated rings. The summed E-state index contributed by atoms with van der Waals surface area (Å²) in [5, 5.41) is 0. The third kappa shape index (κ3) is 3.81. The Labute approximate surface area is 154 Å². The first kappa shape index (κ1) is 16.9. The summed E-state index contributed by atoms with van der Waals surface area (Å²) in [4.78, 5) is 17.4. The number of carbonyl (C=O) groups excluding carboxylic acids is 1. The normalized spacial score (nSPS) is 17.7. The van der Waals surface area contributed by atoms with Gasteiger partial charge in [-0.05, 0) is 24.1 Å². The number of amides is 1. The van der Waals surface area contributed by atoms with E-state index in [9.17, 15) is 4.79 Å². The number of benzene rings is 2. The molecule has 2 aliphatic rings. The lowest BCUT2D eigenvalue weighted by molar-refractivity contribution is -0.127. The zero-order chi connectivity index (χ0) is 17.8. The van der Waals surface area contributed by atoms with Gasteiger partial charge >= 0.3 is 0 Å². The zero-order valence-corrected chi connectivity index (χ0v) is 14.9. The number of hydrogen-bond acceptors (Lipinski definition) is 3. The van der Waals surface area contributed by atoms with Gasteiger partial charge in [0.25, 0.3) is 5.91 Å². The summed E-state index contributed by atoms with van der Waals surface area (Å²) < 4.78 is 5.75. The van der Waals surface area contributed by atoms with Gasteiger partial charge in [-0.2, -0.15) is 0 Å². The van der Waals surface area contributed by atoms with Crippen molar-refractivity contribution in [3.05, 3.63) is 71.3 Å². The molecule has 1 saturated heterocycles. The highest BCUT2D eigenvalue weighted by molar-refractivity contribution is 5.99. The van der Waals surface area contributed by atoms with Crippen LogP contribution in [0.3, 0.4) is 0 Å². The van der Waals surface area contributed by atoms with Gasteiger partial charge in [-0.25, -0.2) is 0 Å². The van der Waals surface area contributed by atoms with Gasteiger partial charge in [0.2, 0.25) is 0 Å². The molecule has 2 aromatic rings. The maximum Gasteiger partial charge on any atom is 0.253 e. The molecule has 0 spiro atoms. The van der Waals surface area contributed by atoms with Crippen molar-refractivity contribution in [2.45, 2.75) is 13.0 Å². The van der Waals surface area contributed by atoms with Crippen LogP contribution in [0.25, 0.3) is 6.08 Å². The van der Waals surface area contributed by atoms with Crippen molar-refractivity contribution in [1.82, 2.24) is 9.80 Å². The summed E-state index contributed by atoms with van der Waals surface area (Å²) in [6, 6.07) is 18.4. The molecule has 134 valence electrons. The number of para-hydroxylation sites is 1. The Morgan fingerprint density at radius 3 is 2.62 bits per heavy atom. The summed E-state index contributed by atoms with van der Waals surface area (Å²) in [5.41, 5.74) is 3.06. The van der Waals surface area contributed by atoms with Gasteiger partial charge in [-0.3, -0.25) is 9.69 Å². The number of nitrogens with zero attached hydrogens (tertiary/aromatic N) is 2. The van der Waals surface area contributed by atoms with E-state index in [1.807, 2.05) is 41.3 Å². The highest BCUT2D eigenvalue weighted by Crippen LogP contribution is 2.26. The Bertz CT molecular complexity index is 801. The van der Waals surface area contributed by atoms with Gasteiger partial charge < -0.3 is 9.64 Å². The molecular weight excluding hydrogens is 324 g/mol. The molecule has 2 heterocycles.